The summed E-state index contributed by atoms with van der Waals surface area (Å²) in [4.78, 5) is 0. The lowest BCUT2D eigenvalue weighted by Crippen LogP contribution is -2.66. The minimum Gasteiger partial charge on any atom is -0.394 e. The summed E-state index contributed by atoms with van der Waals surface area (Å²) in [5.74, 6) is -0.330. The highest BCUT2D eigenvalue weighted by Crippen LogP contribution is 2.70. The highest BCUT2D eigenvalue weighted by Gasteiger charge is 2.68. The van der Waals surface area contributed by atoms with Gasteiger partial charge in [0.25, 0.3) is 0 Å². The summed E-state index contributed by atoms with van der Waals surface area (Å²) in [5.41, 5.74) is 1.64. The molecule has 8 fully saturated rings. The predicted molar refractivity (Wildman–Crippen MR) is 249 cm³/mol. The topological polar surface area (TPSA) is 346 Å². The van der Waals surface area contributed by atoms with Gasteiger partial charge in [-0.2, -0.15) is 0 Å². The molecular weight excluding hydrogens is 965 g/mol. The number of allylic oxidation sites excluding steroid dienone is 1. The molecule has 73 heavy (non-hydrogen) atoms. The largest absolute Gasteiger partial charge is 0.394 e. The Morgan fingerprint density at radius 1 is 0.658 bits per heavy atom. The SMILES string of the molecule is C=C(CC[C@@]1(O)O[C@H]2C[C@H]3[C@@H]4CC=C5C[C@@H](O[C@@H]6O[C@H](CO)[C@@H](O[C@@H]7O[C@@H](C)[C@H](O)[C@@H](O)[C@H]7O)[C@H](O)[C@H]6O[C@@H]6O[C@@H](C)[C@H](O)[C@@H](O)[C@H]6O)CC[C@]5(C)[C@H]4CC[C@]3(C)[C@H]2[C@@H]1C)CO[C@@H]1O[C@H](CO)[C@@H](O)[C@H](O)[C@H]1O. The zero-order chi connectivity index (χ0) is 52.8. The Morgan fingerprint density at radius 2 is 1.25 bits per heavy atom. The summed E-state index contributed by atoms with van der Waals surface area (Å²) in [6.45, 7) is 12.5. The number of rotatable bonds is 14. The summed E-state index contributed by atoms with van der Waals surface area (Å²) in [6, 6.07) is 0. The van der Waals surface area contributed by atoms with Crippen LogP contribution in [0.25, 0.3) is 0 Å². The minimum absolute atomic E-state index is 0.0437. The van der Waals surface area contributed by atoms with Crippen LogP contribution in [0, 0.1) is 40.4 Å². The molecule has 22 nitrogen and oxygen atoms in total. The van der Waals surface area contributed by atoms with Crippen molar-refractivity contribution in [3.8, 4) is 0 Å². The Kier molecular flexibility index (Phi) is 16.7. The summed E-state index contributed by atoms with van der Waals surface area (Å²) in [5, 5.41) is 138. The first-order chi connectivity index (χ1) is 34.5. The molecule has 0 radical (unpaired) electrons. The maximum atomic E-state index is 12.1. The maximum Gasteiger partial charge on any atom is 0.187 e. The molecule has 0 aromatic heterocycles. The molecule has 0 bridgehead atoms. The number of aliphatic hydroxyl groups is 13. The van der Waals surface area contributed by atoms with Gasteiger partial charge in [0.05, 0.1) is 44.2 Å². The third-order valence-electron chi connectivity index (χ3n) is 19.2. The molecule has 30 atom stereocenters. The molecule has 9 rings (SSSR count). The summed E-state index contributed by atoms with van der Waals surface area (Å²) in [6.07, 6.45) is -21.1. The lowest BCUT2D eigenvalue weighted by Gasteiger charge is -2.58. The molecule has 418 valence electrons. The van der Waals surface area contributed by atoms with Crippen molar-refractivity contribution in [1.29, 1.82) is 0 Å². The highest BCUT2D eigenvalue weighted by molar-refractivity contribution is 5.26. The summed E-state index contributed by atoms with van der Waals surface area (Å²) in [7, 11) is 0. The Labute approximate surface area is 425 Å². The number of hydrogen-bond acceptors (Lipinski definition) is 22. The number of ether oxygens (including phenoxy) is 9. The van der Waals surface area contributed by atoms with Crippen LogP contribution in [-0.2, 0) is 42.6 Å². The average molecular weight is 1050 g/mol. The third kappa shape index (κ3) is 10.1. The van der Waals surface area contributed by atoms with E-state index in [0.29, 0.717) is 42.6 Å². The van der Waals surface area contributed by atoms with Gasteiger partial charge >= 0.3 is 0 Å². The van der Waals surface area contributed by atoms with E-state index in [-0.39, 0.29) is 41.8 Å². The number of aliphatic hydroxyl groups excluding tert-OH is 12. The molecule has 0 aromatic rings. The van der Waals surface area contributed by atoms with Gasteiger partial charge in [-0.25, -0.2) is 0 Å². The molecular formula is C51H82O22. The Bertz CT molecular complexity index is 1950. The van der Waals surface area contributed by atoms with Crippen molar-refractivity contribution in [2.24, 2.45) is 40.4 Å². The van der Waals surface area contributed by atoms with E-state index >= 15 is 0 Å². The molecule has 9 aliphatic rings. The Morgan fingerprint density at radius 3 is 1.88 bits per heavy atom. The van der Waals surface area contributed by atoms with Crippen molar-refractivity contribution in [3.63, 3.8) is 0 Å². The van der Waals surface area contributed by atoms with Crippen LogP contribution in [0.4, 0.5) is 0 Å². The van der Waals surface area contributed by atoms with E-state index in [4.69, 9.17) is 42.6 Å². The van der Waals surface area contributed by atoms with Crippen LogP contribution in [0.5, 0.6) is 0 Å². The van der Waals surface area contributed by atoms with Gasteiger partial charge in [-0.15, -0.1) is 0 Å². The molecule has 0 spiro atoms. The highest BCUT2D eigenvalue weighted by atomic mass is 16.8. The van der Waals surface area contributed by atoms with Crippen LogP contribution < -0.4 is 0 Å². The molecule has 5 heterocycles. The average Bonchev–Trinajstić information content (AvgIpc) is 3.80. The second kappa shape index (κ2) is 21.7. The van der Waals surface area contributed by atoms with Crippen LogP contribution in [0.2, 0.25) is 0 Å². The quantitative estimate of drug-likeness (QED) is 0.0832. The first-order valence-electron chi connectivity index (χ1n) is 26.4. The Balaban J connectivity index is 0.847. The molecule has 0 unspecified atom stereocenters. The van der Waals surface area contributed by atoms with E-state index in [2.05, 4.69) is 33.4 Å². The van der Waals surface area contributed by atoms with Gasteiger partial charge in [0.2, 0.25) is 0 Å². The van der Waals surface area contributed by atoms with Crippen LogP contribution in [0.1, 0.15) is 92.4 Å². The molecule has 0 aromatic carbocycles. The standard InChI is InChI=1S/C51H82O22/c1-20(19-65-45-39(60)38(59)35(56)30(17-52)69-45)9-14-51(64)21(2)32-29(73-51)16-28-26-8-7-24-15-25(10-12-49(24,5)27(26)11-13-50(28,32)6)68-48-44(72-47-41(62)37(58)34(55)23(4)67-47)42(63)43(31(18-53)70-48)71-46-40(61)36(57)33(54)22(3)66-46/h7,21-23,25-48,52-64H,1,8-19H2,2-6H3/t21-,22-,23-,25-,26+,27-,28-,29-,30+,31+,32-,33-,34-,35+,36+,37+,38-,39+,40+,41+,42-,43+,44+,45+,46-,47-,48+,49-,50-,51+/m0/s1. The normalized spacial score (nSPS) is 55.0. The minimum atomic E-state index is -1.75. The van der Waals surface area contributed by atoms with Crippen molar-refractivity contribution in [2.45, 2.75) is 233 Å². The molecule has 13 N–H and O–H groups in total. The lowest BCUT2D eigenvalue weighted by molar-refractivity contribution is -0.388. The van der Waals surface area contributed by atoms with Gasteiger partial charge in [0, 0.05) is 12.3 Å². The van der Waals surface area contributed by atoms with E-state index in [1.54, 1.807) is 0 Å². The van der Waals surface area contributed by atoms with Crippen molar-refractivity contribution >= 4 is 0 Å². The summed E-state index contributed by atoms with van der Waals surface area (Å²) >= 11 is 0. The fourth-order valence-corrected chi connectivity index (χ4v) is 14.8. The van der Waals surface area contributed by atoms with Crippen LogP contribution in [-0.4, -0.2) is 227 Å². The predicted octanol–water partition coefficient (Wildman–Crippen LogP) is -2.06. The Hall–Kier alpha value is -1.40. The third-order valence-corrected chi connectivity index (χ3v) is 19.2. The lowest BCUT2D eigenvalue weighted by atomic mass is 9.47. The maximum absolute atomic E-state index is 12.1. The fraction of sp³-hybridized carbons (Fsp3) is 0.922. The first kappa shape index (κ1) is 56.3. The van der Waals surface area contributed by atoms with Gasteiger partial charge in [-0.3, -0.25) is 0 Å². The second-order valence-corrected chi connectivity index (χ2v) is 23.4. The van der Waals surface area contributed by atoms with Gasteiger partial charge in [-0.05, 0) is 99.7 Å². The van der Waals surface area contributed by atoms with Crippen LogP contribution >= 0.6 is 0 Å². The molecule has 22 heteroatoms. The van der Waals surface area contributed by atoms with Crippen molar-refractivity contribution in [3.05, 3.63) is 23.8 Å². The van der Waals surface area contributed by atoms with Crippen molar-refractivity contribution in [2.75, 3.05) is 19.8 Å². The molecule has 4 aliphatic carbocycles. The van der Waals surface area contributed by atoms with E-state index in [0.717, 1.165) is 32.1 Å². The summed E-state index contributed by atoms with van der Waals surface area (Å²) < 4.78 is 54.4. The van der Waals surface area contributed by atoms with E-state index < -0.39 is 148 Å². The van der Waals surface area contributed by atoms with E-state index in [1.165, 1.54) is 19.4 Å². The van der Waals surface area contributed by atoms with Gasteiger partial charge < -0.3 is 109 Å². The van der Waals surface area contributed by atoms with Crippen molar-refractivity contribution < 1.29 is 109 Å². The first-order valence-corrected chi connectivity index (χ1v) is 26.4. The van der Waals surface area contributed by atoms with E-state index in [9.17, 15) is 66.4 Å². The van der Waals surface area contributed by atoms with Gasteiger partial charge in [-0.1, -0.05) is 44.6 Å². The number of hydrogen-bond donors (Lipinski definition) is 13. The monoisotopic (exact) mass is 1050 g/mol. The smallest absolute Gasteiger partial charge is 0.187 e. The molecule has 0 amide bonds. The zero-order valence-electron chi connectivity index (χ0n) is 42.3. The van der Waals surface area contributed by atoms with Crippen LogP contribution in [0.15, 0.2) is 23.8 Å². The second-order valence-electron chi connectivity index (χ2n) is 23.4. The molecule has 5 aliphatic heterocycles. The van der Waals surface area contributed by atoms with Gasteiger partial charge in [0.1, 0.15) is 85.5 Å². The molecule has 5 saturated heterocycles. The zero-order valence-corrected chi connectivity index (χ0v) is 42.3. The fourth-order valence-electron chi connectivity index (χ4n) is 14.8. The van der Waals surface area contributed by atoms with Crippen LogP contribution in [0.3, 0.4) is 0 Å². The molecule has 3 saturated carbocycles. The number of fused-ring (bicyclic) bond motifs is 7. The van der Waals surface area contributed by atoms with Crippen molar-refractivity contribution in [1.82, 2.24) is 0 Å². The van der Waals surface area contributed by atoms with Gasteiger partial charge in [0.15, 0.2) is 30.9 Å². The van der Waals surface area contributed by atoms with E-state index in [1.807, 2.05) is 0 Å².